The van der Waals surface area contributed by atoms with Gasteiger partial charge in [0, 0.05) is 28.7 Å². The van der Waals surface area contributed by atoms with Crippen molar-refractivity contribution in [3.05, 3.63) is 75.5 Å². The third kappa shape index (κ3) is 3.05. The number of hydrogen-bond donors (Lipinski definition) is 3. The van der Waals surface area contributed by atoms with Crippen molar-refractivity contribution in [2.24, 2.45) is 0 Å². The SMILES string of the molecule is Cc1c(C(=O)NNC(=O)c2c[nH]c3ccccc23)cccc1[N+](=O)[O-]. The maximum atomic E-state index is 12.3. The van der Waals surface area contributed by atoms with E-state index in [0.29, 0.717) is 5.56 Å². The zero-order valence-electron chi connectivity index (χ0n) is 13.2. The number of nitrogens with one attached hydrogen (secondary N) is 3. The molecule has 8 nitrogen and oxygen atoms in total. The average Bonchev–Trinajstić information content (AvgIpc) is 3.03. The average molecular weight is 338 g/mol. The predicted molar refractivity (Wildman–Crippen MR) is 91.1 cm³/mol. The molecular formula is C17H14N4O4. The van der Waals surface area contributed by atoms with E-state index >= 15 is 0 Å². The van der Waals surface area contributed by atoms with Crippen LogP contribution < -0.4 is 10.9 Å². The number of nitrogens with zero attached hydrogens (tertiary/aromatic N) is 1. The molecule has 3 aromatic rings. The van der Waals surface area contributed by atoms with Crippen molar-refractivity contribution < 1.29 is 14.5 Å². The maximum Gasteiger partial charge on any atom is 0.273 e. The number of carbonyl (C=O) groups is 2. The van der Waals surface area contributed by atoms with Gasteiger partial charge in [-0.25, -0.2) is 0 Å². The first-order valence-electron chi connectivity index (χ1n) is 7.40. The van der Waals surface area contributed by atoms with Crippen LogP contribution in [0.3, 0.4) is 0 Å². The number of aromatic nitrogens is 1. The van der Waals surface area contributed by atoms with E-state index in [0.717, 1.165) is 10.9 Å². The van der Waals surface area contributed by atoms with E-state index in [1.54, 1.807) is 18.3 Å². The van der Waals surface area contributed by atoms with Crippen molar-refractivity contribution >= 4 is 28.4 Å². The fourth-order valence-electron chi connectivity index (χ4n) is 2.57. The van der Waals surface area contributed by atoms with E-state index in [9.17, 15) is 19.7 Å². The molecule has 0 aliphatic carbocycles. The Morgan fingerprint density at radius 1 is 1.00 bits per heavy atom. The van der Waals surface area contributed by atoms with Crippen LogP contribution in [0.4, 0.5) is 5.69 Å². The second-order valence-corrected chi connectivity index (χ2v) is 5.36. The lowest BCUT2D eigenvalue weighted by molar-refractivity contribution is -0.385. The molecule has 0 saturated carbocycles. The highest BCUT2D eigenvalue weighted by molar-refractivity contribution is 6.07. The zero-order chi connectivity index (χ0) is 18.0. The molecule has 1 heterocycles. The van der Waals surface area contributed by atoms with Gasteiger partial charge in [-0.15, -0.1) is 0 Å². The number of nitro benzene ring substituents is 1. The largest absolute Gasteiger partial charge is 0.360 e. The lowest BCUT2D eigenvalue weighted by Gasteiger charge is -2.09. The van der Waals surface area contributed by atoms with Crippen LogP contribution in [0.1, 0.15) is 26.3 Å². The van der Waals surface area contributed by atoms with Crippen LogP contribution in [-0.4, -0.2) is 21.7 Å². The second-order valence-electron chi connectivity index (χ2n) is 5.36. The van der Waals surface area contributed by atoms with Gasteiger partial charge in [-0.05, 0) is 19.1 Å². The van der Waals surface area contributed by atoms with Gasteiger partial charge in [-0.1, -0.05) is 24.3 Å². The van der Waals surface area contributed by atoms with Gasteiger partial charge in [0.25, 0.3) is 17.5 Å². The number of aromatic amines is 1. The van der Waals surface area contributed by atoms with Crippen molar-refractivity contribution in [3.8, 4) is 0 Å². The standard InChI is InChI=1S/C17H14N4O4/c1-10-11(6-4-8-15(10)21(24)25)16(22)19-20-17(23)13-9-18-14-7-3-2-5-12(13)14/h2-9,18H,1H3,(H,19,22)(H,20,23). The highest BCUT2D eigenvalue weighted by Crippen LogP contribution is 2.21. The fourth-order valence-corrected chi connectivity index (χ4v) is 2.57. The molecule has 3 rings (SSSR count). The molecule has 0 saturated heterocycles. The molecule has 126 valence electrons. The predicted octanol–water partition coefficient (Wildman–Crippen LogP) is 2.46. The molecule has 8 heteroatoms. The Hall–Kier alpha value is -3.68. The molecule has 0 unspecified atom stereocenters. The van der Waals surface area contributed by atoms with Crippen LogP contribution in [0.15, 0.2) is 48.7 Å². The highest BCUT2D eigenvalue weighted by atomic mass is 16.6. The van der Waals surface area contributed by atoms with Crippen LogP contribution in [0.5, 0.6) is 0 Å². The van der Waals surface area contributed by atoms with Crippen LogP contribution in [0.25, 0.3) is 10.9 Å². The van der Waals surface area contributed by atoms with Gasteiger partial charge >= 0.3 is 0 Å². The molecular weight excluding hydrogens is 324 g/mol. The van der Waals surface area contributed by atoms with E-state index < -0.39 is 16.7 Å². The van der Waals surface area contributed by atoms with Crippen molar-refractivity contribution in [2.45, 2.75) is 6.92 Å². The molecule has 0 atom stereocenters. The molecule has 3 N–H and O–H groups in total. The van der Waals surface area contributed by atoms with E-state index in [4.69, 9.17) is 0 Å². The number of hydrazine groups is 1. The van der Waals surface area contributed by atoms with Crippen LogP contribution >= 0.6 is 0 Å². The smallest absolute Gasteiger partial charge is 0.273 e. The van der Waals surface area contributed by atoms with Gasteiger partial charge in [-0.3, -0.25) is 30.6 Å². The van der Waals surface area contributed by atoms with E-state index in [-0.39, 0.29) is 16.8 Å². The Labute approximate surface area is 142 Å². The van der Waals surface area contributed by atoms with E-state index in [1.165, 1.54) is 25.1 Å². The molecule has 0 aliphatic rings. The summed E-state index contributed by atoms with van der Waals surface area (Å²) in [7, 11) is 0. The van der Waals surface area contributed by atoms with Crippen molar-refractivity contribution in [2.75, 3.05) is 0 Å². The summed E-state index contributed by atoms with van der Waals surface area (Å²) in [5, 5.41) is 11.7. The van der Waals surface area contributed by atoms with E-state index in [1.807, 2.05) is 12.1 Å². The summed E-state index contributed by atoms with van der Waals surface area (Å²) in [6.07, 6.45) is 1.55. The molecule has 2 amide bonds. The minimum atomic E-state index is -0.630. The monoisotopic (exact) mass is 338 g/mol. The van der Waals surface area contributed by atoms with Gasteiger partial charge in [-0.2, -0.15) is 0 Å². The van der Waals surface area contributed by atoms with Gasteiger partial charge in [0.05, 0.1) is 16.1 Å². The van der Waals surface area contributed by atoms with Gasteiger partial charge in [0.2, 0.25) is 0 Å². The Kier molecular flexibility index (Phi) is 4.17. The molecule has 1 aromatic heterocycles. The number of benzene rings is 2. The molecule has 0 spiro atoms. The maximum absolute atomic E-state index is 12.3. The van der Waals surface area contributed by atoms with Gasteiger partial charge in [0.15, 0.2) is 0 Å². The first kappa shape index (κ1) is 16.2. The third-order valence-electron chi connectivity index (χ3n) is 3.87. The third-order valence-corrected chi connectivity index (χ3v) is 3.87. The summed E-state index contributed by atoms with van der Waals surface area (Å²) in [5.41, 5.74) is 5.98. The Morgan fingerprint density at radius 3 is 2.40 bits per heavy atom. The van der Waals surface area contributed by atoms with Crippen molar-refractivity contribution in [3.63, 3.8) is 0 Å². The van der Waals surface area contributed by atoms with Crippen LogP contribution in [-0.2, 0) is 0 Å². The number of carbonyl (C=O) groups excluding carboxylic acids is 2. The lowest BCUT2D eigenvalue weighted by atomic mass is 10.1. The highest BCUT2D eigenvalue weighted by Gasteiger charge is 2.19. The number of amides is 2. The summed E-state index contributed by atoms with van der Waals surface area (Å²) in [4.78, 5) is 37.8. The summed E-state index contributed by atoms with van der Waals surface area (Å²) < 4.78 is 0. The molecule has 0 bridgehead atoms. The summed E-state index contributed by atoms with van der Waals surface area (Å²) in [6, 6.07) is 11.4. The molecule has 2 aromatic carbocycles. The number of para-hydroxylation sites is 1. The number of hydrogen-bond acceptors (Lipinski definition) is 4. The van der Waals surface area contributed by atoms with Gasteiger partial charge in [0.1, 0.15) is 0 Å². The molecule has 25 heavy (non-hydrogen) atoms. The second kappa shape index (κ2) is 6.44. The quantitative estimate of drug-likeness (QED) is 0.502. The van der Waals surface area contributed by atoms with Crippen molar-refractivity contribution in [1.29, 1.82) is 0 Å². The normalized spacial score (nSPS) is 10.4. The fraction of sp³-hybridized carbons (Fsp3) is 0.0588. The first-order valence-corrected chi connectivity index (χ1v) is 7.40. The summed E-state index contributed by atoms with van der Waals surface area (Å²) in [6.45, 7) is 1.48. The summed E-state index contributed by atoms with van der Waals surface area (Å²) >= 11 is 0. The minimum absolute atomic E-state index is 0.119. The molecule has 0 radical (unpaired) electrons. The molecule has 0 fully saturated rings. The van der Waals surface area contributed by atoms with Gasteiger partial charge < -0.3 is 4.98 Å². The molecule has 0 aliphatic heterocycles. The number of rotatable bonds is 3. The summed E-state index contributed by atoms with van der Waals surface area (Å²) in [5.74, 6) is -1.12. The zero-order valence-corrected chi connectivity index (χ0v) is 13.2. The number of fused-ring (bicyclic) bond motifs is 1. The number of H-pyrrole nitrogens is 1. The topological polar surface area (TPSA) is 117 Å². The Morgan fingerprint density at radius 2 is 1.68 bits per heavy atom. The van der Waals surface area contributed by atoms with Crippen molar-refractivity contribution in [1.82, 2.24) is 15.8 Å². The Balaban J connectivity index is 1.75. The van der Waals surface area contributed by atoms with Crippen LogP contribution in [0, 0.1) is 17.0 Å². The lowest BCUT2D eigenvalue weighted by Crippen LogP contribution is -2.41. The van der Waals surface area contributed by atoms with Crippen LogP contribution in [0.2, 0.25) is 0 Å². The van der Waals surface area contributed by atoms with E-state index in [2.05, 4.69) is 15.8 Å². The first-order chi connectivity index (χ1) is 12.0. The minimum Gasteiger partial charge on any atom is -0.360 e. The Bertz CT molecular complexity index is 993. The number of nitro groups is 1.